The van der Waals surface area contributed by atoms with Gasteiger partial charge in [-0.1, -0.05) is 44.6 Å². The predicted octanol–water partition coefficient (Wildman–Crippen LogP) is 3.86. The van der Waals surface area contributed by atoms with Crippen molar-refractivity contribution in [3.63, 3.8) is 0 Å². The van der Waals surface area contributed by atoms with Gasteiger partial charge in [0.25, 0.3) is 0 Å². The van der Waals surface area contributed by atoms with Gasteiger partial charge in [-0.05, 0) is 19.3 Å². The molecule has 0 radical (unpaired) electrons. The maximum Gasteiger partial charge on any atom is -0.0310 e. The Morgan fingerprint density at radius 1 is 1.27 bits per heavy atom. The first-order chi connectivity index (χ1) is 4.93. The summed E-state index contributed by atoms with van der Waals surface area (Å²) in [5.74, 6) is 0. The van der Waals surface area contributed by atoms with Gasteiger partial charge in [0.1, 0.15) is 0 Å². The van der Waals surface area contributed by atoms with Crippen LogP contribution < -0.4 is 6.15 Å². The van der Waals surface area contributed by atoms with Crippen molar-refractivity contribution in [3.05, 3.63) is 23.8 Å². The fourth-order valence-electron chi connectivity index (χ4n) is 0.930. The summed E-state index contributed by atoms with van der Waals surface area (Å²) in [5, 5.41) is 0. The predicted molar refractivity (Wildman–Crippen MR) is 53.1 cm³/mol. The van der Waals surface area contributed by atoms with Gasteiger partial charge >= 0.3 is 0 Å². The molecule has 66 valence electrons. The molecule has 0 aromatic rings. The quantitative estimate of drug-likeness (QED) is 0.613. The lowest BCUT2D eigenvalue weighted by Gasteiger charge is -2.01. The maximum atomic E-state index is 2.32. The molecule has 0 saturated heterocycles. The molecule has 1 rings (SSSR count). The molecule has 0 bridgehead atoms. The first-order valence-corrected chi connectivity index (χ1v) is 4.29. The zero-order valence-electron chi connectivity index (χ0n) is 8.06. The van der Waals surface area contributed by atoms with Crippen LogP contribution in [0.25, 0.3) is 0 Å². The minimum absolute atomic E-state index is 0. The van der Waals surface area contributed by atoms with Crippen molar-refractivity contribution in [1.82, 2.24) is 6.15 Å². The highest BCUT2D eigenvalue weighted by molar-refractivity contribution is 5.21. The van der Waals surface area contributed by atoms with E-state index >= 15 is 0 Å². The third kappa shape index (κ3) is 5.86. The monoisotopic (exact) mass is 155 g/mol. The van der Waals surface area contributed by atoms with E-state index in [1.54, 1.807) is 0 Å². The van der Waals surface area contributed by atoms with Crippen LogP contribution in [0.15, 0.2) is 23.8 Å². The Hall–Kier alpha value is -0.560. The Bertz CT molecular complexity index is 123. The van der Waals surface area contributed by atoms with E-state index in [-0.39, 0.29) is 6.15 Å². The van der Waals surface area contributed by atoms with Gasteiger partial charge in [0, 0.05) is 0 Å². The molecule has 0 unspecified atom stereocenters. The van der Waals surface area contributed by atoms with Gasteiger partial charge in [-0.2, -0.15) is 0 Å². The average Bonchev–Trinajstić information content (AvgIpc) is 2.10. The summed E-state index contributed by atoms with van der Waals surface area (Å²) in [4.78, 5) is 0. The molecule has 0 aromatic heterocycles. The van der Waals surface area contributed by atoms with Crippen LogP contribution in [0.5, 0.6) is 0 Å². The van der Waals surface area contributed by atoms with Crippen LogP contribution in [-0.4, -0.2) is 0 Å². The van der Waals surface area contributed by atoms with Crippen molar-refractivity contribution < 1.29 is 0 Å². The first-order valence-electron chi connectivity index (χ1n) is 4.29. The summed E-state index contributed by atoms with van der Waals surface area (Å²) in [7, 11) is 0. The van der Waals surface area contributed by atoms with E-state index in [1.165, 1.54) is 24.8 Å². The number of hydrogen-bond acceptors (Lipinski definition) is 1. The van der Waals surface area contributed by atoms with Crippen LogP contribution in [0.4, 0.5) is 0 Å². The van der Waals surface area contributed by atoms with Crippen LogP contribution in [0.1, 0.15) is 40.0 Å². The van der Waals surface area contributed by atoms with Crippen LogP contribution in [0.2, 0.25) is 0 Å². The van der Waals surface area contributed by atoms with Gasteiger partial charge in [-0.15, -0.1) is 0 Å². The van der Waals surface area contributed by atoms with Crippen molar-refractivity contribution in [1.29, 1.82) is 0 Å². The summed E-state index contributed by atoms with van der Waals surface area (Å²) in [6.45, 7) is 6.20. The minimum atomic E-state index is 0. The summed E-state index contributed by atoms with van der Waals surface area (Å²) in [6, 6.07) is 0. The zero-order valence-corrected chi connectivity index (χ0v) is 8.06. The van der Waals surface area contributed by atoms with E-state index in [0.717, 1.165) is 0 Å². The minimum Gasteiger partial charge on any atom is -0.344 e. The Kier molecular flexibility index (Phi) is 11.2. The van der Waals surface area contributed by atoms with Crippen molar-refractivity contribution in [2.75, 3.05) is 0 Å². The summed E-state index contributed by atoms with van der Waals surface area (Å²) in [5.41, 5.74) is 1.50. The molecule has 0 fully saturated rings. The van der Waals surface area contributed by atoms with Crippen molar-refractivity contribution in [2.45, 2.75) is 40.0 Å². The lowest BCUT2D eigenvalue weighted by atomic mass is 10.1. The molecule has 11 heavy (non-hydrogen) atoms. The third-order valence-electron chi connectivity index (χ3n) is 1.48. The average molecular weight is 155 g/mol. The zero-order chi connectivity index (χ0) is 7.82. The molecular formula is C10H21N. The Labute approximate surface area is 70.8 Å². The molecular weight excluding hydrogens is 134 g/mol. The molecule has 0 heterocycles. The second-order valence-corrected chi connectivity index (χ2v) is 2.11. The number of hydrogen-bond donors (Lipinski definition) is 1. The highest BCUT2D eigenvalue weighted by Gasteiger charge is 1.90. The second kappa shape index (κ2) is 9.44. The lowest BCUT2D eigenvalue weighted by molar-refractivity contribution is 0.984. The van der Waals surface area contributed by atoms with Crippen molar-refractivity contribution >= 4 is 0 Å². The second-order valence-electron chi connectivity index (χ2n) is 2.11. The van der Waals surface area contributed by atoms with Crippen LogP contribution >= 0.6 is 0 Å². The molecule has 1 heteroatoms. The van der Waals surface area contributed by atoms with Crippen molar-refractivity contribution in [3.8, 4) is 0 Å². The highest BCUT2D eigenvalue weighted by atomic mass is 14.0. The van der Waals surface area contributed by atoms with Crippen LogP contribution in [0, 0.1) is 0 Å². The normalized spacial score (nSPS) is 13.9. The van der Waals surface area contributed by atoms with Crippen LogP contribution in [0.3, 0.4) is 0 Å². The van der Waals surface area contributed by atoms with Crippen LogP contribution in [-0.2, 0) is 0 Å². The SMILES string of the molecule is CC.CCC1=CCCC=C1.N. The molecule has 1 aliphatic rings. The van der Waals surface area contributed by atoms with E-state index in [0.29, 0.717) is 0 Å². The molecule has 3 N–H and O–H groups in total. The molecule has 1 nitrogen and oxygen atoms in total. The topological polar surface area (TPSA) is 35.0 Å². The van der Waals surface area contributed by atoms with E-state index < -0.39 is 0 Å². The van der Waals surface area contributed by atoms with Gasteiger partial charge in [0.15, 0.2) is 0 Å². The van der Waals surface area contributed by atoms with E-state index in [9.17, 15) is 0 Å². The smallest absolute Gasteiger partial charge is 0.0310 e. The number of allylic oxidation sites excluding steroid dienone is 4. The van der Waals surface area contributed by atoms with Gasteiger partial charge in [0.2, 0.25) is 0 Å². The Morgan fingerprint density at radius 3 is 2.18 bits per heavy atom. The molecule has 0 amide bonds. The molecule has 0 atom stereocenters. The third-order valence-corrected chi connectivity index (χ3v) is 1.48. The Balaban J connectivity index is 0. The largest absolute Gasteiger partial charge is 0.344 e. The lowest BCUT2D eigenvalue weighted by Crippen LogP contribution is -1.80. The van der Waals surface area contributed by atoms with E-state index in [1.807, 2.05) is 13.8 Å². The summed E-state index contributed by atoms with van der Waals surface area (Å²) in [6.07, 6.45) is 10.5. The molecule has 1 aliphatic carbocycles. The van der Waals surface area contributed by atoms with Gasteiger partial charge in [0.05, 0.1) is 0 Å². The fraction of sp³-hybridized carbons (Fsp3) is 0.600. The molecule has 0 aromatic carbocycles. The highest BCUT2D eigenvalue weighted by Crippen LogP contribution is 2.11. The van der Waals surface area contributed by atoms with Crippen molar-refractivity contribution in [2.24, 2.45) is 0 Å². The maximum absolute atomic E-state index is 2.32. The summed E-state index contributed by atoms with van der Waals surface area (Å²) < 4.78 is 0. The Morgan fingerprint density at radius 2 is 1.91 bits per heavy atom. The molecule has 0 aliphatic heterocycles. The molecule has 0 saturated carbocycles. The van der Waals surface area contributed by atoms with E-state index in [4.69, 9.17) is 0 Å². The first kappa shape index (κ1) is 13.1. The summed E-state index contributed by atoms with van der Waals surface area (Å²) >= 11 is 0. The van der Waals surface area contributed by atoms with Gasteiger partial charge in [-0.3, -0.25) is 0 Å². The van der Waals surface area contributed by atoms with Gasteiger partial charge < -0.3 is 6.15 Å². The molecule has 0 spiro atoms. The number of rotatable bonds is 1. The van der Waals surface area contributed by atoms with Gasteiger partial charge in [-0.25, -0.2) is 0 Å². The standard InChI is InChI=1S/C8H12.C2H6.H3N/c1-2-8-6-4-3-5-7-8;1-2;/h4,6-7H,2-3,5H2,1H3;1-2H3;1H3. The fourth-order valence-corrected chi connectivity index (χ4v) is 0.930. The van der Waals surface area contributed by atoms with E-state index in [2.05, 4.69) is 25.2 Å².